The van der Waals surface area contributed by atoms with Crippen LogP contribution in [0.1, 0.15) is 52.4 Å². The summed E-state index contributed by atoms with van der Waals surface area (Å²) in [5.41, 5.74) is 0. The lowest BCUT2D eigenvalue weighted by atomic mass is 9.81. The van der Waals surface area contributed by atoms with Crippen molar-refractivity contribution < 1.29 is 4.79 Å². The summed E-state index contributed by atoms with van der Waals surface area (Å²) in [4.78, 5) is 11.5. The highest BCUT2D eigenvalue weighted by Gasteiger charge is 2.19. The van der Waals surface area contributed by atoms with Gasteiger partial charge in [-0.2, -0.15) is 0 Å². The molecular formula is C13H24BrNO. The minimum absolute atomic E-state index is 0.0159. The Labute approximate surface area is 108 Å². The third-order valence-electron chi connectivity index (χ3n) is 3.54. The topological polar surface area (TPSA) is 29.1 Å². The monoisotopic (exact) mass is 289 g/mol. The summed E-state index contributed by atoms with van der Waals surface area (Å²) < 4.78 is 0. The van der Waals surface area contributed by atoms with Crippen LogP contribution in [0.15, 0.2) is 0 Å². The summed E-state index contributed by atoms with van der Waals surface area (Å²) in [6, 6.07) is 0. The third kappa shape index (κ3) is 4.86. The molecule has 1 N–H and O–H groups in total. The van der Waals surface area contributed by atoms with Gasteiger partial charge in [0.25, 0.3) is 0 Å². The van der Waals surface area contributed by atoms with Crippen molar-refractivity contribution in [1.29, 1.82) is 0 Å². The first kappa shape index (κ1) is 14.0. The van der Waals surface area contributed by atoms with Gasteiger partial charge in [-0.15, -0.1) is 0 Å². The number of carbonyl (C=O) groups is 1. The number of hydrogen-bond acceptors (Lipinski definition) is 1. The molecule has 0 bridgehead atoms. The van der Waals surface area contributed by atoms with Crippen LogP contribution in [-0.2, 0) is 4.79 Å². The number of hydrogen-bond donors (Lipinski definition) is 1. The normalized spacial score (nSPS) is 27.4. The number of carbonyl (C=O) groups excluding carboxylic acids is 1. The molecule has 0 aromatic carbocycles. The van der Waals surface area contributed by atoms with E-state index in [1.54, 1.807) is 0 Å². The number of amides is 1. The Morgan fingerprint density at radius 1 is 1.50 bits per heavy atom. The van der Waals surface area contributed by atoms with Gasteiger partial charge in [-0.25, -0.2) is 0 Å². The first-order valence-corrected chi connectivity index (χ1v) is 7.46. The fourth-order valence-electron chi connectivity index (χ4n) is 2.52. The summed E-state index contributed by atoms with van der Waals surface area (Å²) in [6.07, 6.45) is 7.47. The van der Waals surface area contributed by atoms with E-state index in [-0.39, 0.29) is 10.7 Å². The molecule has 1 fully saturated rings. The van der Waals surface area contributed by atoms with Crippen molar-refractivity contribution in [2.24, 2.45) is 11.8 Å². The maximum atomic E-state index is 11.5. The van der Waals surface area contributed by atoms with Gasteiger partial charge in [-0.1, -0.05) is 49.0 Å². The molecule has 3 unspecified atom stereocenters. The van der Waals surface area contributed by atoms with Gasteiger partial charge in [0.2, 0.25) is 5.91 Å². The maximum Gasteiger partial charge on any atom is 0.233 e. The fourth-order valence-corrected chi connectivity index (χ4v) is 2.68. The molecule has 1 saturated carbocycles. The average Bonchev–Trinajstić information content (AvgIpc) is 2.28. The van der Waals surface area contributed by atoms with Gasteiger partial charge >= 0.3 is 0 Å². The zero-order chi connectivity index (χ0) is 12.0. The molecule has 0 aliphatic heterocycles. The first-order valence-electron chi connectivity index (χ1n) is 6.55. The third-order valence-corrected chi connectivity index (χ3v) is 4.60. The highest BCUT2D eigenvalue weighted by atomic mass is 79.9. The molecule has 3 heteroatoms. The Bertz CT molecular complexity index is 220. The van der Waals surface area contributed by atoms with Crippen molar-refractivity contribution >= 4 is 21.8 Å². The number of rotatable bonds is 5. The molecule has 16 heavy (non-hydrogen) atoms. The molecule has 0 heterocycles. The molecule has 1 aliphatic rings. The summed E-state index contributed by atoms with van der Waals surface area (Å²) in [5.74, 6) is 1.86. The van der Waals surface area contributed by atoms with Crippen LogP contribution in [0.25, 0.3) is 0 Å². The first-order chi connectivity index (χ1) is 7.63. The fraction of sp³-hybridized carbons (Fsp3) is 0.923. The lowest BCUT2D eigenvalue weighted by molar-refractivity contribution is -0.120. The lowest BCUT2D eigenvalue weighted by Crippen LogP contribution is -2.32. The maximum absolute atomic E-state index is 11.5. The van der Waals surface area contributed by atoms with E-state index in [0.29, 0.717) is 0 Å². The molecule has 0 aromatic heterocycles. The van der Waals surface area contributed by atoms with Gasteiger partial charge in [0, 0.05) is 6.54 Å². The Morgan fingerprint density at radius 2 is 2.25 bits per heavy atom. The van der Waals surface area contributed by atoms with Gasteiger partial charge in [0.05, 0.1) is 4.83 Å². The quantitative estimate of drug-likeness (QED) is 0.772. The number of nitrogens with one attached hydrogen (secondary N) is 1. The van der Waals surface area contributed by atoms with Crippen molar-refractivity contribution in [3.8, 4) is 0 Å². The number of alkyl halides is 1. The second-order valence-corrected chi connectivity index (χ2v) is 6.20. The van der Waals surface area contributed by atoms with Crippen molar-refractivity contribution in [3.63, 3.8) is 0 Å². The molecule has 0 radical (unpaired) electrons. The van der Waals surface area contributed by atoms with Crippen LogP contribution in [0, 0.1) is 11.8 Å². The Kier molecular flexibility index (Phi) is 6.40. The van der Waals surface area contributed by atoms with Crippen molar-refractivity contribution in [2.45, 2.75) is 57.2 Å². The summed E-state index contributed by atoms with van der Waals surface area (Å²) in [6.45, 7) is 5.20. The van der Waals surface area contributed by atoms with E-state index in [1.807, 2.05) is 6.92 Å². The molecule has 1 rings (SSSR count). The van der Waals surface area contributed by atoms with Crippen LogP contribution in [-0.4, -0.2) is 17.3 Å². The molecule has 2 nitrogen and oxygen atoms in total. The Balaban J connectivity index is 2.12. The van der Waals surface area contributed by atoms with E-state index in [0.717, 1.165) is 31.2 Å². The van der Waals surface area contributed by atoms with E-state index >= 15 is 0 Å². The standard InChI is InChI=1S/C13H24BrNO/c1-3-12(14)13(16)15-8-7-11-6-4-5-10(2)9-11/h10-12H,3-9H2,1-2H3,(H,15,16). The zero-order valence-corrected chi connectivity index (χ0v) is 12.1. The van der Waals surface area contributed by atoms with Crippen molar-refractivity contribution in [3.05, 3.63) is 0 Å². The summed E-state index contributed by atoms with van der Waals surface area (Å²) >= 11 is 3.37. The molecule has 1 aliphatic carbocycles. The van der Waals surface area contributed by atoms with Crippen molar-refractivity contribution in [1.82, 2.24) is 5.32 Å². The summed E-state index contributed by atoms with van der Waals surface area (Å²) in [5, 5.41) is 3.01. The minimum atomic E-state index is -0.0159. The van der Waals surface area contributed by atoms with Gasteiger partial charge in [-0.05, 0) is 31.1 Å². The van der Waals surface area contributed by atoms with Gasteiger partial charge in [0.1, 0.15) is 0 Å². The predicted octanol–water partition coefficient (Wildman–Crippen LogP) is 3.49. The van der Waals surface area contributed by atoms with Crippen LogP contribution in [0.5, 0.6) is 0 Å². The minimum Gasteiger partial charge on any atom is -0.355 e. The molecule has 0 saturated heterocycles. The molecule has 94 valence electrons. The highest BCUT2D eigenvalue weighted by Crippen LogP contribution is 2.30. The average molecular weight is 290 g/mol. The van der Waals surface area contributed by atoms with Gasteiger partial charge < -0.3 is 5.32 Å². The highest BCUT2D eigenvalue weighted by molar-refractivity contribution is 9.10. The Morgan fingerprint density at radius 3 is 2.88 bits per heavy atom. The van der Waals surface area contributed by atoms with E-state index in [4.69, 9.17) is 0 Å². The second kappa shape index (κ2) is 7.31. The van der Waals surface area contributed by atoms with Crippen molar-refractivity contribution in [2.75, 3.05) is 6.54 Å². The van der Waals surface area contributed by atoms with Crippen LogP contribution >= 0.6 is 15.9 Å². The zero-order valence-electron chi connectivity index (χ0n) is 10.5. The smallest absolute Gasteiger partial charge is 0.233 e. The summed E-state index contributed by atoms with van der Waals surface area (Å²) in [7, 11) is 0. The van der Waals surface area contributed by atoms with E-state index < -0.39 is 0 Å². The molecule has 1 amide bonds. The van der Waals surface area contributed by atoms with E-state index in [1.165, 1.54) is 25.7 Å². The van der Waals surface area contributed by atoms with Crippen LogP contribution < -0.4 is 5.32 Å². The predicted molar refractivity (Wildman–Crippen MR) is 71.8 cm³/mol. The molecule has 0 aromatic rings. The van der Waals surface area contributed by atoms with Gasteiger partial charge in [-0.3, -0.25) is 4.79 Å². The van der Waals surface area contributed by atoms with Crippen LogP contribution in [0.3, 0.4) is 0 Å². The van der Waals surface area contributed by atoms with E-state index in [9.17, 15) is 4.79 Å². The van der Waals surface area contributed by atoms with Crippen LogP contribution in [0.4, 0.5) is 0 Å². The molecule has 0 spiro atoms. The Hall–Kier alpha value is -0.0500. The molecule has 3 atom stereocenters. The lowest BCUT2D eigenvalue weighted by Gasteiger charge is -2.26. The number of halogens is 1. The second-order valence-electron chi connectivity index (χ2n) is 5.09. The largest absolute Gasteiger partial charge is 0.355 e. The van der Waals surface area contributed by atoms with E-state index in [2.05, 4.69) is 28.2 Å². The van der Waals surface area contributed by atoms with Gasteiger partial charge in [0.15, 0.2) is 0 Å². The van der Waals surface area contributed by atoms with Crippen LogP contribution in [0.2, 0.25) is 0 Å². The SMILES string of the molecule is CCC(Br)C(=O)NCCC1CCCC(C)C1. The molecular weight excluding hydrogens is 266 g/mol.